The molecule has 7 nitrogen and oxygen atoms in total. The van der Waals surface area contributed by atoms with Crippen molar-refractivity contribution in [1.29, 1.82) is 0 Å². The number of hydrogen-bond donors (Lipinski definition) is 3. The fraction of sp³-hybridized carbons (Fsp3) is 0. The topological polar surface area (TPSA) is 125 Å². The van der Waals surface area contributed by atoms with Crippen molar-refractivity contribution in [3.8, 4) is 0 Å². The number of carboxylic acid groups (broad SMARTS) is 3. The van der Waals surface area contributed by atoms with Crippen LogP contribution in [0.2, 0.25) is 0 Å². The van der Waals surface area contributed by atoms with E-state index in [1.54, 1.807) is 0 Å². The Kier molecular flexibility index (Phi) is 4.71. The van der Waals surface area contributed by atoms with E-state index in [0.29, 0.717) is 0 Å². The van der Waals surface area contributed by atoms with Crippen LogP contribution in [-0.2, 0) is 19.5 Å². The molecule has 0 unspecified atom stereocenters. The predicted octanol–water partition coefficient (Wildman–Crippen LogP) is 0.174. The first-order valence-electron chi connectivity index (χ1n) is 3.64. The standard InChI is InChI=1S/C8H5NO6.Ru/c10-6(11)3-1-2-9-5(8(14)15)4(3)7(12)13;/h1-2H,(H,10,11)(H,12,13)(H,14,15);. The normalized spacial score (nSPS) is 9.00. The van der Waals surface area contributed by atoms with Gasteiger partial charge in [-0.1, -0.05) is 0 Å². The van der Waals surface area contributed by atoms with Crippen LogP contribution in [0, 0.1) is 0 Å². The fourth-order valence-corrected chi connectivity index (χ4v) is 1.02. The van der Waals surface area contributed by atoms with E-state index >= 15 is 0 Å². The molecule has 0 fully saturated rings. The van der Waals surface area contributed by atoms with Crippen molar-refractivity contribution in [2.75, 3.05) is 0 Å². The third-order valence-corrected chi connectivity index (χ3v) is 1.60. The summed E-state index contributed by atoms with van der Waals surface area (Å²) in [5, 5.41) is 25.9. The van der Waals surface area contributed by atoms with Crippen LogP contribution in [-0.4, -0.2) is 38.2 Å². The first-order valence-corrected chi connectivity index (χ1v) is 3.64. The first-order chi connectivity index (χ1) is 6.95. The van der Waals surface area contributed by atoms with Crippen LogP contribution in [0.3, 0.4) is 0 Å². The molecule has 0 saturated carbocycles. The van der Waals surface area contributed by atoms with Crippen molar-refractivity contribution in [3.05, 3.63) is 29.1 Å². The van der Waals surface area contributed by atoms with Crippen LogP contribution in [0.25, 0.3) is 0 Å². The molecule has 16 heavy (non-hydrogen) atoms. The summed E-state index contributed by atoms with van der Waals surface area (Å²) < 4.78 is 0. The predicted molar refractivity (Wildman–Crippen MR) is 45.1 cm³/mol. The van der Waals surface area contributed by atoms with Gasteiger partial charge in [-0.05, 0) is 6.07 Å². The second kappa shape index (κ2) is 5.32. The van der Waals surface area contributed by atoms with E-state index in [0.717, 1.165) is 12.3 Å². The maximum Gasteiger partial charge on any atom is 0.355 e. The van der Waals surface area contributed by atoms with Gasteiger partial charge in [0.15, 0.2) is 5.69 Å². The van der Waals surface area contributed by atoms with Crippen LogP contribution < -0.4 is 0 Å². The van der Waals surface area contributed by atoms with E-state index in [1.807, 2.05) is 0 Å². The Morgan fingerprint density at radius 2 is 1.56 bits per heavy atom. The zero-order valence-corrected chi connectivity index (χ0v) is 9.26. The number of hydrogen-bond acceptors (Lipinski definition) is 4. The van der Waals surface area contributed by atoms with Gasteiger partial charge in [0.2, 0.25) is 0 Å². The van der Waals surface area contributed by atoms with Gasteiger partial charge in [0.1, 0.15) is 5.56 Å². The van der Waals surface area contributed by atoms with Crippen molar-refractivity contribution in [3.63, 3.8) is 0 Å². The molecule has 0 atom stereocenters. The second-order valence-corrected chi connectivity index (χ2v) is 2.50. The third-order valence-electron chi connectivity index (χ3n) is 1.60. The van der Waals surface area contributed by atoms with E-state index in [4.69, 9.17) is 15.3 Å². The zero-order chi connectivity index (χ0) is 11.6. The molecule has 1 aromatic heterocycles. The molecule has 8 heteroatoms. The van der Waals surface area contributed by atoms with Crippen LogP contribution in [0.15, 0.2) is 12.3 Å². The van der Waals surface area contributed by atoms with Crippen molar-refractivity contribution in [2.24, 2.45) is 0 Å². The minimum absolute atomic E-state index is 0. The van der Waals surface area contributed by atoms with Crippen LogP contribution in [0.5, 0.6) is 0 Å². The number of carbonyl (C=O) groups is 3. The molecule has 1 rings (SSSR count). The van der Waals surface area contributed by atoms with Gasteiger partial charge in [-0.25, -0.2) is 19.4 Å². The Morgan fingerprint density at radius 3 is 1.94 bits per heavy atom. The van der Waals surface area contributed by atoms with Gasteiger partial charge in [-0.2, -0.15) is 0 Å². The molecule has 0 radical (unpaired) electrons. The number of aromatic nitrogens is 1. The molecular formula is C8H5NO6Ru. The molecule has 0 aliphatic heterocycles. The van der Waals surface area contributed by atoms with Crippen molar-refractivity contribution in [1.82, 2.24) is 4.98 Å². The maximum absolute atomic E-state index is 10.7. The molecular weight excluding hydrogens is 307 g/mol. The average Bonchev–Trinajstić information content (AvgIpc) is 2.16. The summed E-state index contributed by atoms with van der Waals surface area (Å²) in [5.74, 6) is -4.74. The Balaban J connectivity index is 0.00000225. The van der Waals surface area contributed by atoms with Crippen molar-refractivity contribution < 1.29 is 49.2 Å². The zero-order valence-electron chi connectivity index (χ0n) is 7.52. The number of nitrogens with zero attached hydrogens (tertiary/aromatic N) is 1. The van der Waals surface area contributed by atoms with Crippen molar-refractivity contribution >= 4 is 17.9 Å². The van der Waals surface area contributed by atoms with Gasteiger partial charge < -0.3 is 15.3 Å². The quantitative estimate of drug-likeness (QED) is 0.679. The summed E-state index contributed by atoms with van der Waals surface area (Å²) in [6.07, 6.45) is 0.930. The van der Waals surface area contributed by atoms with E-state index in [2.05, 4.69) is 4.98 Å². The van der Waals surface area contributed by atoms with Crippen LogP contribution >= 0.6 is 0 Å². The summed E-state index contributed by atoms with van der Waals surface area (Å²) in [5.41, 5.74) is -2.21. The van der Waals surface area contributed by atoms with Gasteiger partial charge in [0, 0.05) is 25.7 Å². The monoisotopic (exact) mass is 313 g/mol. The average molecular weight is 312 g/mol. The van der Waals surface area contributed by atoms with Gasteiger partial charge >= 0.3 is 17.9 Å². The molecule has 0 saturated heterocycles. The molecule has 0 aliphatic rings. The molecule has 0 aromatic carbocycles. The second-order valence-electron chi connectivity index (χ2n) is 2.50. The molecule has 0 aliphatic carbocycles. The Hall–Kier alpha value is -1.82. The van der Waals surface area contributed by atoms with E-state index in [1.165, 1.54) is 0 Å². The molecule has 0 amide bonds. The Morgan fingerprint density at radius 1 is 1.00 bits per heavy atom. The van der Waals surface area contributed by atoms with Gasteiger partial charge in [0.25, 0.3) is 0 Å². The largest absolute Gasteiger partial charge is 0.478 e. The minimum atomic E-state index is -1.64. The number of pyridine rings is 1. The summed E-state index contributed by atoms with van der Waals surface area (Å²) in [7, 11) is 0. The fourth-order valence-electron chi connectivity index (χ4n) is 1.02. The van der Waals surface area contributed by atoms with Gasteiger partial charge in [-0.15, -0.1) is 0 Å². The first kappa shape index (κ1) is 14.2. The maximum atomic E-state index is 10.7. The van der Waals surface area contributed by atoms with E-state index in [-0.39, 0.29) is 19.5 Å². The number of carboxylic acids is 3. The SMILES string of the molecule is O=C(O)c1ccnc(C(=O)O)c1C(=O)O.[Ru]. The molecule has 0 spiro atoms. The molecule has 86 valence electrons. The Labute approximate surface area is 101 Å². The third kappa shape index (κ3) is 2.61. The summed E-state index contributed by atoms with van der Waals surface area (Å²) >= 11 is 0. The van der Waals surface area contributed by atoms with E-state index < -0.39 is 34.7 Å². The molecule has 0 bridgehead atoms. The Bertz CT molecular complexity index is 426. The minimum Gasteiger partial charge on any atom is -0.478 e. The summed E-state index contributed by atoms with van der Waals surface area (Å²) in [6, 6.07) is 0.929. The summed E-state index contributed by atoms with van der Waals surface area (Å²) in [4.78, 5) is 35.2. The molecule has 3 N–H and O–H groups in total. The van der Waals surface area contributed by atoms with Crippen molar-refractivity contribution in [2.45, 2.75) is 0 Å². The van der Waals surface area contributed by atoms with Gasteiger partial charge in [-0.3, -0.25) is 0 Å². The summed E-state index contributed by atoms with van der Waals surface area (Å²) in [6.45, 7) is 0. The molecule has 1 aromatic rings. The molecule has 1 heterocycles. The van der Waals surface area contributed by atoms with E-state index in [9.17, 15) is 14.4 Å². The van der Waals surface area contributed by atoms with Gasteiger partial charge in [0.05, 0.1) is 5.56 Å². The smallest absolute Gasteiger partial charge is 0.355 e. The van der Waals surface area contributed by atoms with Crippen LogP contribution in [0.4, 0.5) is 0 Å². The van der Waals surface area contributed by atoms with Crippen LogP contribution in [0.1, 0.15) is 31.2 Å². The number of aromatic carboxylic acids is 3. The number of rotatable bonds is 3.